The number of hydrogen-bond acceptors (Lipinski definition) is 4. The highest BCUT2D eigenvalue weighted by atomic mass is 32.2. The first-order chi connectivity index (χ1) is 15.5. The number of carbonyl (C=O) groups is 2. The van der Waals surface area contributed by atoms with E-state index in [4.69, 9.17) is 0 Å². The minimum atomic E-state index is -4.96. The van der Waals surface area contributed by atoms with E-state index < -0.39 is 28.0 Å². The Morgan fingerprint density at radius 3 is 2.27 bits per heavy atom. The van der Waals surface area contributed by atoms with Crippen molar-refractivity contribution < 1.29 is 31.2 Å². The summed E-state index contributed by atoms with van der Waals surface area (Å²) in [7, 11) is -3.59. The molecule has 33 heavy (non-hydrogen) atoms. The number of sulfonamides is 1. The third-order valence-corrected chi connectivity index (χ3v) is 7.20. The van der Waals surface area contributed by atoms with Crippen LogP contribution in [-0.4, -0.2) is 55.2 Å². The average Bonchev–Trinajstić information content (AvgIpc) is 3.33. The Balaban J connectivity index is 1.69. The summed E-state index contributed by atoms with van der Waals surface area (Å²) in [6.45, 7) is 2.02. The van der Waals surface area contributed by atoms with Crippen molar-refractivity contribution in [3.63, 3.8) is 0 Å². The van der Waals surface area contributed by atoms with Crippen LogP contribution < -0.4 is 5.32 Å². The standard InChI is InChI=1S/C22H24F3N3O4S/c1-2-27(21(30)22(23,24)25)15-16-6-5-7-18(14-16)26-20(29)17-8-10-19(11-9-17)33(31,32)28-12-3-4-13-28/h5-11,14H,2-4,12-13,15H2,1H3,(H,26,29). The van der Waals surface area contributed by atoms with Crippen LogP contribution in [0.5, 0.6) is 0 Å². The number of alkyl halides is 3. The number of rotatable bonds is 7. The Labute approximate surface area is 190 Å². The van der Waals surface area contributed by atoms with Gasteiger partial charge in [0.2, 0.25) is 10.0 Å². The molecule has 0 saturated carbocycles. The first kappa shape index (κ1) is 24.7. The molecule has 178 valence electrons. The summed E-state index contributed by atoms with van der Waals surface area (Å²) in [5, 5.41) is 2.64. The van der Waals surface area contributed by atoms with Crippen LogP contribution in [0.15, 0.2) is 53.4 Å². The van der Waals surface area contributed by atoms with Crippen LogP contribution in [0.4, 0.5) is 18.9 Å². The van der Waals surface area contributed by atoms with Gasteiger partial charge in [-0.15, -0.1) is 0 Å². The molecular formula is C22H24F3N3O4S. The Morgan fingerprint density at radius 2 is 1.70 bits per heavy atom. The summed E-state index contributed by atoms with van der Waals surface area (Å²) in [5.41, 5.74) is 0.976. The molecule has 2 aromatic rings. The van der Waals surface area contributed by atoms with E-state index in [0.29, 0.717) is 29.2 Å². The van der Waals surface area contributed by atoms with E-state index in [0.717, 1.165) is 12.8 Å². The third kappa shape index (κ3) is 5.91. The van der Waals surface area contributed by atoms with E-state index in [1.807, 2.05) is 0 Å². The summed E-state index contributed by atoms with van der Waals surface area (Å²) < 4.78 is 64.8. The highest BCUT2D eigenvalue weighted by molar-refractivity contribution is 7.89. The van der Waals surface area contributed by atoms with E-state index in [1.165, 1.54) is 41.6 Å². The number of benzene rings is 2. The summed E-state index contributed by atoms with van der Waals surface area (Å²) in [6.07, 6.45) is -3.32. The maximum Gasteiger partial charge on any atom is 0.471 e. The van der Waals surface area contributed by atoms with E-state index >= 15 is 0 Å². The lowest BCUT2D eigenvalue weighted by molar-refractivity contribution is -0.185. The second-order valence-electron chi connectivity index (χ2n) is 7.61. The quantitative estimate of drug-likeness (QED) is 0.652. The Morgan fingerprint density at radius 1 is 1.06 bits per heavy atom. The van der Waals surface area contributed by atoms with Gasteiger partial charge in [-0.2, -0.15) is 17.5 Å². The van der Waals surface area contributed by atoms with Gasteiger partial charge in [0.15, 0.2) is 0 Å². The third-order valence-electron chi connectivity index (χ3n) is 5.29. The van der Waals surface area contributed by atoms with Crippen molar-refractivity contribution in [3.05, 3.63) is 59.7 Å². The second-order valence-corrected chi connectivity index (χ2v) is 9.55. The van der Waals surface area contributed by atoms with Crippen molar-refractivity contribution in [3.8, 4) is 0 Å². The number of halogens is 3. The van der Waals surface area contributed by atoms with Crippen molar-refractivity contribution in [1.82, 2.24) is 9.21 Å². The first-order valence-electron chi connectivity index (χ1n) is 10.4. The Bertz CT molecular complexity index is 1110. The number of hydrogen-bond donors (Lipinski definition) is 1. The normalized spacial score (nSPS) is 14.8. The molecule has 1 fully saturated rings. The molecule has 1 saturated heterocycles. The molecule has 2 aromatic carbocycles. The fourth-order valence-electron chi connectivity index (χ4n) is 3.53. The van der Waals surface area contributed by atoms with E-state index in [1.54, 1.807) is 18.2 Å². The molecule has 0 aromatic heterocycles. The van der Waals surface area contributed by atoms with Gasteiger partial charge < -0.3 is 10.2 Å². The van der Waals surface area contributed by atoms with Gasteiger partial charge >= 0.3 is 12.1 Å². The molecule has 0 atom stereocenters. The molecule has 3 rings (SSSR count). The molecule has 1 aliphatic rings. The van der Waals surface area contributed by atoms with Crippen LogP contribution in [0.25, 0.3) is 0 Å². The molecule has 0 radical (unpaired) electrons. The Kier molecular flexibility index (Phi) is 7.43. The SMILES string of the molecule is CCN(Cc1cccc(NC(=O)c2ccc(S(=O)(=O)N3CCCC3)cc2)c1)C(=O)C(F)(F)F. The molecule has 0 aliphatic carbocycles. The average molecular weight is 484 g/mol. The lowest BCUT2D eigenvalue weighted by Crippen LogP contribution is -2.40. The number of amides is 2. The van der Waals surface area contributed by atoms with Crippen molar-refractivity contribution in [1.29, 1.82) is 0 Å². The van der Waals surface area contributed by atoms with Crippen molar-refractivity contribution in [2.45, 2.75) is 37.4 Å². The molecule has 1 N–H and O–H groups in total. The van der Waals surface area contributed by atoms with Gasteiger partial charge in [-0.1, -0.05) is 12.1 Å². The first-order valence-corrected chi connectivity index (χ1v) is 11.8. The van der Waals surface area contributed by atoms with Crippen LogP contribution >= 0.6 is 0 Å². The van der Waals surface area contributed by atoms with E-state index in [2.05, 4.69) is 5.32 Å². The van der Waals surface area contributed by atoms with Gasteiger partial charge in [-0.05, 0) is 61.7 Å². The van der Waals surface area contributed by atoms with E-state index in [-0.39, 0.29) is 23.5 Å². The lowest BCUT2D eigenvalue weighted by atomic mass is 10.1. The number of carbonyl (C=O) groups excluding carboxylic acids is 2. The topological polar surface area (TPSA) is 86.8 Å². The van der Waals surface area contributed by atoms with Crippen molar-refractivity contribution in [2.75, 3.05) is 25.0 Å². The van der Waals surface area contributed by atoms with Gasteiger partial charge in [-0.25, -0.2) is 8.42 Å². The fourth-order valence-corrected chi connectivity index (χ4v) is 5.05. The van der Waals surface area contributed by atoms with Gasteiger partial charge in [-0.3, -0.25) is 9.59 Å². The van der Waals surface area contributed by atoms with E-state index in [9.17, 15) is 31.2 Å². The molecule has 2 amide bonds. The second kappa shape index (κ2) is 9.92. The minimum Gasteiger partial charge on any atom is -0.331 e. The maximum absolute atomic E-state index is 12.7. The molecule has 7 nitrogen and oxygen atoms in total. The molecule has 1 aliphatic heterocycles. The summed E-state index contributed by atoms with van der Waals surface area (Å²) in [5.74, 6) is -2.43. The Hall–Kier alpha value is -2.92. The largest absolute Gasteiger partial charge is 0.471 e. The molecule has 1 heterocycles. The van der Waals surface area contributed by atoms with Crippen LogP contribution in [-0.2, 0) is 21.4 Å². The smallest absolute Gasteiger partial charge is 0.331 e. The maximum atomic E-state index is 12.7. The minimum absolute atomic E-state index is 0.108. The number of anilines is 1. The highest BCUT2D eigenvalue weighted by Gasteiger charge is 2.41. The van der Waals surface area contributed by atoms with Crippen molar-refractivity contribution >= 4 is 27.5 Å². The number of nitrogens with zero attached hydrogens (tertiary/aromatic N) is 2. The zero-order chi connectivity index (χ0) is 24.2. The van der Waals surface area contributed by atoms with Gasteiger partial charge in [0.1, 0.15) is 0 Å². The van der Waals surface area contributed by atoms with Gasteiger partial charge in [0, 0.05) is 37.4 Å². The van der Waals surface area contributed by atoms with Crippen molar-refractivity contribution in [2.24, 2.45) is 0 Å². The predicted octanol–water partition coefficient (Wildman–Crippen LogP) is 3.63. The molecule has 11 heteroatoms. The van der Waals surface area contributed by atoms with Crippen LogP contribution in [0.2, 0.25) is 0 Å². The summed E-state index contributed by atoms with van der Waals surface area (Å²) >= 11 is 0. The predicted molar refractivity (Wildman–Crippen MR) is 116 cm³/mol. The summed E-state index contributed by atoms with van der Waals surface area (Å²) in [4.78, 5) is 24.9. The molecule has 0 bridgehead atoms. The molecular weight excluding hydrogens is 459 g/mol. The van der Waals surface area contributed by atoms with Crippen LogP contribution in [0.1, 0.15) is 35.7 Å². The molecule has 0 unspecified atom stereocenters. The summed E-state index contributed by atoms with van der Waals surface area (Å²) in [6, 6.07) is 11.7. The highest BCUT2D eigenvalue weighted by Crippen LogP contribution is 2.23. The zero-order valence-electron chi connectivity index (χ0n) is 17.9. The fraction of sp³-hybridized carbons (Fsp3) is 0.364. The molecule has 0 spiro atoms. The van der Waals surface area contributed by atoms with Gasteiger partial charge in [0.25, 0.3) is 5.91 Å². The lowest BCUT2D eigenvalue weighted by Gasteiger charge is -2.22. The van der Waals surface area contributed by atoms with Crippen LogP contribution in [0.3, 0.4) is 0 Å². The monoisotopic (exact) mass is 483 g/mol. The zero-order valence-corrected chi connectivity index (χ0v) is 18.7. The van der Waals surface area contributed by atoms with Crippen LogP contribution in [0, 0.1) is 0 Å². The number of nitrogens with one attached hydrogen (secondary N) is 1. The van der Waals surface area contributed by atoms with Gasteiger partial charge in [0.05, 0.1) is 4.90 Å².